The number of thiophene rings is 1. The van der Waals surface area contributed by atoms with E-state index in [0.717, 1.165) is 5.00 Å². The number of nitrogens with zero attached hydrogens (tertiary/aromatic N) is 1. The number of rotatable bonds is 2. The maximum Gasteiger partial charge on any atom is 0.00856 e. The van der Waals surface area contributed by atoms with Crippen LogP contribution in [0.25, 0.3) is 5.32 Å². The van der Waals surface area contributed by atoms with Crippen molar-refractivity contribution in [2.45, 2.75) is 66.3 Å². The van der Waals surface area contributed by atoms with E-state index in [4.69, 9.17) is 5.32 Å². The zero-order valence-corrected chi connectivity index (χ0v) is 16.4. The van der Waals surface area contributed by atoms with E-state index in [1.807, 2.05) is 11.3 Å². The Kier molecular flexibility index (Phi) is 5.70. The van der Waals surface area contributed by atoms with E-state index in [0.29, 0.717) is 0 Å². The van der Waals surface area contributed by atoms with Gasteiger partial charge in [0.05, 0.1) is 0 Å². The van der Waals surface area contributed by atoms with Crippen molar-refractivity contribution < 1.29 is 20.4 Å². The average Bonchev–Trinajstić information content (AvgIpc) is 2.48. The number of hydrogen-bond acceptors (Lipinski definition) is 1. The molecule has 0 unspecified atom stereocenters. The molecule has 1 rings (SSSR count). The van der Waals surface area contributed by atoms with Crippen LogP contribution in [-0.4, -0.2) is 5.54 Å². The van der Waals surface area contributed by atoms with Crippen LogP contribution in [0, 0.1) is 5.41 Å². The molecule has 0 aliphatic heterocycles. The summed E-state index contributed by atoms with van der Waals surface area (Å²) in [5.41, 5.74) is 0.371. The first-order chi connectivity index (χ1) is 7.43. The molecule has 0 saturated heterocycles. The maximum absolute atomic E-state index is 4.91. The SMILES string of the molecule is CC(C)(C)c1ccc([N-]C(C)(C)C(C)(C)C)s1.[Re]. The van der Waals surface area contributed by atoms with Crippen molar-refractivity contribution in [1.82, 2.24) is 0 Å². The van der Waals surface area contributed by atoms with Gasteiger partial charge in [-0.1, -0.05) is 66.5 Å². The first-order valence-electron chi connectivity index (χ1n) is 6.27. The minimum atomic E-state index is -0.0347. The molecule has 0 amide bonds. The summed E-state index contributed by atoms with van der Waals surface area (Å²) in [5.74, 6) is 0. The van der Waals surface area contributed by atoms with Crippen LogP contribution in [0.5, 0.6) is 0 Å². The van der Waals surface area contributed by atoms with E-state index in [1.54, 1.807) is 0 Å². The first-order valence-corrected chi connectivity index (χ1v) is 7.08. The minimum absolute atomic E-state index is 0. The monoisotopic (exact) mass is 439 g/mol. The van der Waals surface area contributed by atoms with Gasteiger partial charge in [0.2, 0.25) is 0 Å². The van der Waals surface area contributed by atoms with Gasteiger partial charge in [0.15, 0.2) is 0 Å². The summed E-state index contributed by atoms with van der Waals surface area (Å²) in [4.78, 5) is 1.40. The first kappa shape index (κ1) is 18.2. The molecule has 0 spiro atoms. The maximum atomic E-state index is 4.91. The summed E-state index contributed by atoms with van der Waals surface area (Å²) in [6.45, 7) is 17.9. The number of hydrogen-bond donors (Lipinski definition) is 0. The third-order valence-corrected chi connectivity index (χ3v) is 4.96. The van der Waals surface area contributed by atoms with Crippen molar-refractivity contribution >= 4 is 16.3 Å². The molecule has 1 nitrogen and oxygen atoms in total. The molecular weight excluding hydrogens is 412 g/mol. The summed E-state index contributed by atoms with van der Waals surface area (Å²) < 4.78 is 0. The van der Waals surface area contributed by atoms with Crippen LogP contribution >= 0.6 is 11.3 Å². The predicted octanol–water partition coefficient (Wildman–Crippen LogP) is 5.87. The topological polar surface area (TPSA) is 14.1 Å². The van der Waals surface area contributed by atoms with Gasteiger partial charge in [-0.25, -0.2) is 0 Å². The van der Waals surface area contributed by atoms with Crippen molar-refractivity contribution in [3.63, 3.8) is 0 Å². The second-order valence-corrected chi connectivity index (χ2v) is 8.37. The molecular formula is C15H26NReS-. The predicted molar refractivity (Wildman–Crippen MR) is 79.6 cm³/mol. The zero-order chi connectivity index (χ0) is 13.5. The molecule has 0 aliphatic rings. The fourth-order valence-corrected chi connectivity index (χ4v) is 2.31. The molecule has 0 atom stereocenters. The normalized spacial score (nSPS) is 13.1. The average molecular weight is 439 g/mol. The van der Waals surface area contributed by atoms with Gasteiger partial charge in [-0.05, 0) is 16.9 Å². The van der Waals surface area contributed by atoms with Gasteiger partial charge in [-0.15, -0.1) is 5.54 Å². The molecule has 1 aromatic heterocycles. The second-order valence-electron chi connectivity index (χ2n) is 7.31. The minimum Gasteiger partial charge on any atom is -0.670 e. The van der Waals surface area contributed by atoms with E-state index in [-0.39, 0.29) is 36.8 Å². The summed E-state index contributed by atoms with van der Waals surface area (Å²) in [5, 5.41) is 6.06. The van der Waals surface area contributed by atoms with E-state index in [1.165, 1.54) is 4.88 Å². The van der Waals surface area contributed by atoms with Crippen LogP contribution in [0.3, 0.4) is 0 Å². The van der Waals surface area contributed by atoms with Crippen LogP contribution < -0.4 is 0 Å². The van der Waals surface area contributed by atoms with Gasteiger partial charge in [-0.3, -0.25) is 0 Å². The zero-order valence-electron chi connectivity index (χ0n) is 12.9. The van der Waals surface area contributed by atoms with Crippen LogP contribution in [-0.2, 0) is 25.8 Å². The van der Waals surface area contributed by atoms with Crippen LogP contribution in [0.4, 0.5) is 5.00 Å². The fraction of sp³-hybridized carbons (Fsp3) is 0.733. The molecule has 0 N–H and O–H groups in total. The van der Waals surface area contributed by atoms with Crippen LogP contribution in [0.1, 0.15) is 60.3 Å². The Morgan fingerprint density at radius 1 is 0.889 bits per heavy atom. The van der Waals surface area contributed by atoms with Crippen molar-refractivity contribution in [3.05, 3.63) is 22.3 Å². The third kappa shape index (κ3) is 4.37. The van der Waals surface area contributed by atoms with Gasteiger partial charge < -0.3 is 5.32 Å². The molecule has 105 valence electrons. The van der Waals surface area contributed by atoms with E-state index in [9.17, 15) is 0 Å². The van der Waals surface area contributed by atoms with E-state index >= 15 is 0 Å². The Balaban J connectivity index is 0.00000289. The van der Waals surface area contributed by atoms with Crippen LogP contribution in [0.15, 0.2) is 12.1 Å². The molecule has 1 radical (unpaired) electrons. The second kappa shape index (κ2) is 5.65. The molecule has 0 saturated carbocycles. The van der Waals surface area contributed by atoms with Crippen molar-refractivity contribution in [2.75, 3.05) is 0 Å². The standard InChI is InChI=1S/C15H26NS.Re/c1-13(2,3)11-9-10-12(17-11)16-15(7,8)14(4,5)6;/h9-10H,1-8H3;/q-1;. The summed E-state index contributed by atoms with van der Waals surface area (Å²) in [6, 6.07) is 4.36. The Bertz CT molecular complexity index is 380. The Hall–Kier alpha value is 0.162. The molecule has 1 aromatic rings. The third-order valence-electron chi connectivity index (χ3n) is 3.56. The van der Waals surface area contributed by atoms with E-state index < -0.39 is 0 Å². The summed E-state index contributed by atoms with van der Waals surface area (Å²) in [6.07, 6.45) is 0. The van der Waals surface area contributed by atoms with E-state index in [2.05, 4.69) is 67.5 Å². The molecule has 0 aromatic carbocycles. The quantitative estimate of drug-likeness (QED) is 0.548. The smallest absolute Gasteiger partial charge is 0.00856 e. The van der Waals surface area contributed by atoms with Gasteiger partial charge in [-0.2, -0.15) is 11.3 Å². The van der Waals surface area contributed by atoms with Gasteiger partial charge >= 0.3 is 0 Å². The van der Waals surface area contributed by atoms with Crippen molar-refractivity contribution in [2.24, 2.45) is 5.41 Å². The molecule has 0 bridgehead atoms. The summed E-state index contributed by atoms with van der Waals surface area (Å²) >= 11 is 1.82. The van der Waals surface area contributed by atoms with Crippen molar-refractivity contribution in [1.29, 1.82) is 0 Å². The molecule has 0 fully saturated rings. The Morgan fingerprint density at radius 3 is 1.72 bits per heavy atom. The van der Waals surface area contributed by atoms with Gasteiger partial charge in [0.1, 0.15) is 0 Å². The van der Waals surface area contributed by atoms with Gasteiger partial charge in [0.25, 0.3) is 0 Å². The van der Waals surface area contributed by atoms with Crippen molar-refractivity contribution in [3.8, 4) is 0 Å². The Morgan fingerprint density at radius 2 is 1.39 bits per heavy atom. The molecule has 0 aliphatic carbocycles. The fourth-order valence-electron chi connectivity index (χ4n) is 1.23. The molecule has 3 heteroatoms. The molecule has 18 heavy (non-hydrogen) atoms. The summed E-state index contributed by atoms with van der Waals surface area (Å²) in [7, 11) is 0. The van der Waals surface area contributed by atoms with Crippen LogP contribution in [0.2, 0.25) is 0 Å². The molecule has 1 heterocycles. The largest absolute Gasteiger partial charge is 0.670 e. The Labute approximate surface area is 130 Å². The van der Waals surface area contributed by atoms with Gasteiger partial charge in [0, 0.05) is 25.3 Å².